The topological polar surface area (TPSA) is 12.9 Å². The Hall–Kier alpha value is -0.890. The molecule has 0 N–H and O–H groups in total. The van der Waals surface area contributed by atoms with E-state index in [-0.39, 0.29) is 0 Å². The highest BCUT2D eigenvalue weighted by Gasteiger charge is 2.10. The predicted molar refractivity (Wildman–Crippen MR) is 67.6 cm³/mol. The minimum Gasteiger partial charge on any atom is -0.196 e. The highest BCUT2D eigenvalue weighted by atomic mass is 32.1. The molecule has 15 heavy (non-hydrogen) atoms. The largest absolute Gasteiger partial charge is 0.196 e. The number of aromatic nitrogens is 1. The molecule has 0 amide bonds. The maximum absolute atomic E-state index is 4.58. The van der Waals surface area contributed by atoms with Gasteiger partial charge in [0.2, 0.25) is 0 Å². The van der Waals surface area contributed by atoms with Gasteiger partial charge in [-0.05, 0) is 54.9 Å². The van der Waals surface area contributed by atoms with Crippen LogP contribution in [0.15, 0.2) is 12.1 Å². The predicted octanol–water partition coefficient (Wildman–Crippen LogP) is 4.11. The molecule has 0 radical (unpaired) electrons. The smallest absolute Gasteiger partial charge is 0.0626 e. The van der Waals surface area contributed by atoms with Crippen molar-refractivity contribution in [1.29, 1.82) is 0 Å². The molecular weight excluding hydrogens is 202 g/mol. The van der Waals surface area contributed by atoms with Gasteiger partial charge in [-0.3, -0.25) is 0 Å². The summed E-state index contributed by atoms with van der Waals surface area (Å²) in [6.07, 6.45) is 1.09. The van der Waals surface area contributed by atoms with Gasteiger partial charge in [0.25, 0.3) is 0 Å². The average Bonchev–Trinajstić information content (AvgIpc) is 2.46. The molecule has 0 fully saturated rings. The fourth-order valence-electron chi connectivity index (χ4n) is 2.05. The minimum atomic E-state index is 0.677. The van der Waals surface area contributed by atoms with Crippen LogP contribution in [0.25, 0.3) is 10.1 Å². The van der Waals surface area contributed by atoms with Crippen LogP contribution in [-0.2, 0) is 6.42 Å². The second kappa shape index (κ2) is 3.93. The molecular formula is C13H17NS. The van der Waals surface area contributed by atoms with Gasteiger partial charge in [0.1, 0.15) is 0 Å². The third-order valence-electron chi connectivity index (χ3n) is 2.59. The first-order valence-corrected chi connectivity index (χ1v) is 6.20. The minimum absolute atomic E-state index is 0.677. The molecule has 0 spiro atoms. The van der Waals surface area contributed by atoms with Crippen LogP contribution in [-0.4, -0.2) is 4.37 Å². The molecule has 1 aromatic carbocycles. The van der Waals surface area contributed by atoms with E-state index in [0.717, 1.165) is 6.42 Å². The van der Waals surface area contributed by atoms with Crippen LogP contribution in [0.3, 0.4) is 0 Å². The number of fused-ring (bicyclic) bond motifs is 1. The molecule has 2 heteroatoms. The normalized spacial score (nSPS) is 11.5. The lowest BCUT2D eigenvalue weighted by Crippen LogP contribution is -1.95. The van der Waals surface area contributed by atoms with Gasteiger partial charge >= 0.3 is 0 Å². The second-order valence-corrected chi connectivity index (χ2v) is 5.49. The average molecular weight is 219 g/mol. The molecule has 1 heterocycles. The Kier molecular flexibility index (Phi) is 2.79. The summed E-state index contributed by atoms with van der Waals surface area (Å²) < 4.78 is 5.92. The molecule has 0 aliphatic rings. The summed E-state index contributed by atoms with van der Waals surface area (Å²) in [4.78, 5) is 0. The Morgan fingerprint density at radius 1 is 1.27 bits per heavy atom. The van der Waals surface area contributed by atoms with E-state index in [1.807, 2.05) is 0 Å². The number of nitrogens with zero attached hydrogens (tertiary/aromatic N) is 1. The van der Waals surface area contributed by atoms with E-state index in [4.69, 9.17) is 0 Å². The van der Waals surface area contributed by atoms with Gasteiger partial charge in [-0.15, -0.1) is 0 Å². The summed E-state index contributed by atoms with van der Waals surface area (Å²) >= 11 is 1.63. The molecule has 80 valence electrons. The number of benzene rings is 1. The Balaban J connectivity index is 2.58. The SMILES string of the molecule is Cc1cc(C)c2c(CC(C)C)nsc2c1. The van der Waals surface area contributed by atoms with Crippen LogP contribution in [0.4, 0.5) is 0 Å². The van der Waals surface area contributed by atoms with E-state index in [9.17, 15) is 0 Å². The van der Waals surface area contributed by atoms with Crippen molar-refractivity contribution in [2.45, 2.75) is 34.1 Å². The molecule has 0 bridgehead atoms. The van der Waals surface area contributed by atoms with Crippen molar-refractivity contribution in [3.63, 3.8) is 0 Å². The summed E-state index contributed by atoms with van der Waals surface area (Å²) in [5.74, 6) is 0.677. The molecule has 0 atom stereocenters. The van der Waals surface area contributed by atoms with E-state index in [1.54, 1.807) is 11.5 Å². The van der Waals surface area contributed by atoms with E-state index in [1.165, 1.54) is 26.9 Å². The monoisotopic (exact) mass is 219 g/mol. The lowest BCUT2D eigenvalue weighted by atomic mass is 10.0. The van der Waals surface area contributed by atoms with E-state index < -0.39 is 0 Å². The summed E-state index contributed by atoms with van der Waals surface area (Å²) in [7, 11) is 0. The lowest BCUT2D eigenvalue weighted by molar-refractivity contribution is 0.642. The van der Waals surface area contributed by atoms with Gasteiger partial charge in [-0.25, -0.2) is 0 Å². The zero-order valence-electron chi connectivity index (χ0n) is 9.79. The zero-order chi connectivity index (χ0) is 11.0. The highest BCUT2D eigenvalue weighted by molar-refractivity contribution is 7.13. The van der Waals surface area contributed by atoms with Crippen molar-refractivity contribution < 1.29 is 0 Å². The molecule has 0 saturated carbocycles. The quantitative estimate of drug-likeness (QED) is 0.740. The van der Waals surface area contributed by atoms with Crippen molar-refractivity contribution in [2.24, 2.45) is 5.92 Å². The van der Waals surface area contributed by atoms with Gasteiger partial charge in [0.15, 0.2) is 0 Å². The first kappa shape index (κ1) is 10.6. The fourth-order valence-corrected chi connectivity index (χ4v) is 3.03. The number of rotatable bonds is 2. The number of aryl methyl sites for hydroxylation is 2. The third-order valence-corrected chi connectivity index (χ3v) is 3.42. The Bertz CT molecular complexity index is 482. The Morgan fingerprint density at radius 2 is 2.00 bits per heavy atom. The van der Waals surface area contributed by atoms with Crippen LogP contribution in [0.1, 0.15) is 30.7 Å². The molecule has 0 saturated heterocycles. The Labute approximate surface area is 95.3 Å². The molecule has 2 rings (SSSR count). The molecule has 2 aromatic rings. The van der Waals surface area contributed by atoms with Crippen LogP contribution in [0, 0.1) is 19.8 Å². The maximum Gasteiger partial charge on any atom is 0.0626 e. The first-order chi connectivity index (χ1) is 7.08. The van der Waals surface area contributed by atoms with Gasteiger partial charge in [0, 0.05) is 5.39 Å². The summed E-state index contributed by atoms with van der Waals surface area (Å²) in [5, 5.41) is 1.39. The summed E-state index contributed by atoms with van der Waals surface area (Å²) in [5.41, 5.74) is 3.98. The van der Waals surface area contributed by atoms with Gasteiger partial charge in [0.05, 0.1) is 10.4 Å². The first-order valence-electron chi connectivity index (χ1n) is 5.43. The van der Waals surface area contributed by atoms with Crippen molar-refractivity contribution in [3.8, 4) is 0 Å². The van der Waals surface area contributed by atoms with Crippen molar-refractivity contribution in [3.05, 3.63) is 29.0 Å². The number of hydrogen-bond acceptors (Lipinski definition) is 2. The maximum atomic E-state index is 4.58. The molecule has 1 nitrogen and oxygen atoms in total. The van der Waals surface area contributed by atoms with Crippen LogP contribution in [0.2, 0.25) is 0 Å². The van der Waals surface area contributed by atoms with Gasteiger partial charge < -0.3 is 0 Å². The van der Waals surface area contributed by atoms with Gasteiger partial charge in [-0.1, -0.05) is 19.9 Å². The van der Waals surface area contributed by atoms with E-state index in [0.29, 0.717) is 5.92 Å². The zero-order valence-corrected chi connectivity index (χ0v) is 10.6. The van der Waals surface area contributed by atoms with Gasteiger partial charge in [-0.2, -0.15) is 4.37 Å². The van der Waals surface area contributed by atoms with Crippen molar-refractivity contribution in [2.75, 3.05) is 0 Å². The van der Waals surface area contributed by atoms with Crippen molar-refractivity contribution >= 4 is 21.6 Å². The lowest BCUT2D eigenvalue weighted by Gasteiger charge is -2.04. The van der Waals surface area contributed by atoms with E-state index in [2.05, 4.69) is 44.2 Å². The third kappa shape index (κ3) is 2.05. The highest BCUT2D eigenvalue weighted by Crippen LogP contribution is 2.28. The number of hydrogen-bond donors (Lipinski definition) is 0. The Morgan fingerprint density at radius 3 is 2.67 bits per heavy atom. The molecule has 0 aliphatic heterocycles. The fraction of sp³-hybridized carbons (Fsp3) is 0.462. The molecule has 0 aliphatic carbocycles. The van der Waals surface area contributed by atoms with Crippen molar-refractivity contribution in [1.82, 2.24) is 4.37 Å². The molecule has 1 aromatic heterocycles. The second-order valence-electron chi connectivity index (χ2n) is 4.68. The van der Waals surface area contributed by atoms with E-state index >= 15 is 0 Å². The summed E-state index contributed by atoms with van der Waals surface area (Å²) in [6, 6.07) is 4.49. The standard InChI is InChI=1S/C13H17NS/c1-8(2)5-11-13-10(4)6-9(3)7-12(13)15-14-11/h6-8H,5H2,1-4H3. The molecule has 0 unspecified atom stereocenters. The van der Waals surface area contributed by atoms with Crippen LogP contribution < -0.4 is 0 Å². The summed E-state index contributed by atoms with van der Waals surface area (Å²) in [6.45, 7) is 8.82. The van der Waals surface area contributed by atoms with Crippen LogP contribution in [0.5, 0.6) is 0 Å². The van der Waals surface area contributed by atoms with Crippen LogP contribution >= 0.6 is 11.5 Å².